The van der Waals surface area contributed by atoms with Crippen LogP contribution in [0, 0.1) is 0 Å². The fourth-order valence-corrected chi connectivity index (χ4v) is 2.31. The molecule has 1 aromatic carbocycles. The quantitative estimate of drug-likeness (QED) is 0.820. The molecule has 0 aliphatic heterocycles. The molecule has 4 nitrogen and oxygen atoms in total. The lowest BCUT2D eigenvalue weighted by Crippen LogP contribution is -2.19. The third-order valence-electron chi connectivity index (χ3n) is 2.79. The Bertz CT molecular complexity index is 436. The molecule has 0 amide bonds. The van der Waals surface area contributed by atoms with Gasteiger partial charge in [-0.3, -0.25) is 0 Å². The molecule has 0 aliphatic carbocycles. The molecule has 0 saturated heterocycles. The van der Waals surface area contributed by atoms with Crippen LogP contribution in [0.5, 0.6) is 0 Å². The fourth-order valence-electron chi connectivity index (χ4n) is 1.58. The number of anilines is 1. The van der Waals surface area contributed by atoms with E-state index in [1.165, 1.54) is 7.05 Å². The molecule has 96 valence electrons. The average Bonchev–Trinajstić information content (AvgIpc) is 2.36. The van der Waals surface area contributed by atoms with Crippen LogP contribution >= 0.6 is 0 Å². The van der Waals surface area contributed by atoms with Gasteiger partial charge in [0.2, 0.25) is 10.0 Å². The SMILES string of the molecule is CCC(CC)Nc1ccc(S(=O)(=O)NC)cc1. The van der Waals surface area contributed by atoms with Crippen molar-refractivity contribution >= 4 is 15.7 Å². The van der Waals surface area contributed by atoms with Crippen LogP contribution in [0.1, 0.15) is 26.7 Å². The van der Waals surface area contributed by atoms with E-state index in [0.717, 1.165) is 18.5 Å². The molecule has 5 heteroatoms. The summed E-state index contributed by atoms with van der Waals surface area (Å²) >= 11 is 0. The van der Waals surface area contributed by atoms with Gasteiger partial charge in [0.05, 0.1) is 4.90 Å². The van der Waals surface area contributed by atoms with Gasteiger partial charge in [-0.1, -0.05) is 13.8 Å². The summed E-state index contributed by atoms with van der Waals surface area (Å²) in [4.78, 5) is 0.287. The van der Waals surface area contributed by atoms with E-state index in [0.29, 0.717) is 6.04 Å². The number of benzene rings is 1. The number of rotatable bonds is 6. The molecule has 0 aliphatic rings. The van der Waals surface area contributed by atoms with Crippen molar-refractivity contribution in [3.8, 4) is 0 Å². The molecule has 0 aromatic heterocycles. The van der Waals surface area contributed by atoms with E-state index in [-0.39, 0.29) is 4.90 Å². The van der Waals surface area contributed by atoms with Crippen LogP contribution in [0.15, 0.2) is 29.2 Å². The minimum absolute atomic E-state index is 0.287. The Morgan fingerprint density at radius 1 is 1.12 bits per heavy atom. The molecule has 0 fully saturated rings. The van der Waals surface area contributed by atoms with Gasteiger partial charge in [-0.2, -0.15) is 0 Å². The van der Waals surface area contributed by atoms with Gasteiger partial charge < -0.3 is 5.32 Å². The highest BCUT2D eigenvalue weighted by Gasteiger charge is 2.10. The van der Waals surface area contributed by atoms with E-state index in [1.54, 1.807) is 24.3 Å². The second-order valence-electron chi connectivity index (χ2n) is 3.89. The first kappa shape index (κ1) is 14.0. The Labute approximate surface area is 103 Å². The Kier molecular flexibility index (Phi) is 4.96. The predicted molar refractivity (Wildman–Crippen MR) is 70.7 cm³/mol. The maximum absolute atomic E-state index is 11.5. The van der Waals surface area contributed by atoms with Crippen LogP contribution in [0.3, 0.4) is 0 Å². The zero-order valence-electron chi connectivity index (χ0n) is 10.5. The van der Waals surface area contributed by atoms with Crippen LogP contribution in [0.2, 0.25) is 0 Å². The van der Waals surface area contributed by atoms with Crippen LogP contribution in [0.25, 0.3) is 0 Å². The van der Waals surface area contributed by atoms with Crippen LogP contribution < -0.4 is 10.0 Å². The summed E-state index contributed by atoms with van der Waals surface area (Å²) in [5.74, 6) is 0. The zero-order chi connectivity index (χ0) is 12.9. The minimum Gasteiger partial charge on any atom is -0.382 e. The standard InChI is InChI=1S/C12H20N2O2S/c1-4-10(5-2)14-11-6-8-12(9-7-11)17(15,16)13-3/h6-10,13-14H,4-5H2,1-3H3. The van der Waals surface area contributed by atoms with Gasteiger partial charge in [0.25, 0.3) is 0 Å². The van der Waals surface area contributed by atoms with E-state index in [2.05, 4.69) is 23.9 Å². The molecule has 0 saturated carbocycles. The van der Waals surface area contributed by atoms with E-state index in [9.17, 15) is 8.42 Å². The highest BCUT2D eigenvalue weighted by Crippen LogP contribution is 2.15. The summed E-state index contributed by atoms with van der Waals surface area (Å²) in [5, 5.41) is 3.36. The van der Waals surface area contributed by atoms with Crippen LogP contribution in [-0.2, 0) is 10.0 Å². The molecule has 0 heterocycles. The summed E-state index contributed by atoms with van der Waals surface area (Å²) < 4.78 is 25.3. The maximum atomic E-state index is 11.5. The third kappa shape index (κ3) is 3.71. The van der Waals surface area contributed by atoms with Crippen molar-refractivity contribution in [1.29, 1.82) is 0 Å². The topological polar surface area (TPSA) is 58.2 Å². The van der Waals surface area contributed by atoms with Gasteiger partial charge in [0, 0.05) is 11.7 Å². The Hall–Kier alpha value is -1.07. The van der Waals surface area contributed by atoms with E-state index < -0.39 is 10.0 Å². The van der Waals surface area contributed by atoms with Crippen LogP contribution in [-0.4, -0.2) is 21.5 Å². The fraction of sp³-hybridized carbons (Fsp3) is 0.500. The van der Waals surface area contributed by atoms with Gasteiger partial charge in [-0.15, -0.1) is 0 Å². The van der Waals surface area contributed by atoms with Crippen molar-refractivity contribution in [2.24, 2.45) is 0 Å². The van der Waals surface area contributed by atoms with E-state index in [4.69, 9.17) is 0 Å². The highest BCUT2D eigenvalue weighted by atomic mass is 32.2. The second kappa shape index (κ2) is 6.02. The molecule has 17 heavy (non-hydrogen) atoms. The lowest BCUT2D eigenvalue weighted by atomic mass is 10.1. The monoisotopic (exact) mass is 256 g/mol. The molecule has 0 radical (unpaired) electrons. The molecule has 2 N–H and O–H groups in total. The Morgan fingerprint density at radius 2 is 1.65 bits per heavy atom. The largest absolute Gasteiger partial charge is 0.382 e. The summed E-state index contributed by atoms with van der Waals surface area (Å²) in [6, 6.07) is 7.24. The van der Waals surface area contributed by atoms with Crippen molar-refractivity contribution in [2.75, 3.05) is 12.4 Å². The molecule has 1 rings (SSSR count). The molecular formula is C12H20N2O2S. The zero-order valence-corrected chi connectivity index (χ0v) is 11.3. The van der Waals surface area contributed by atoms with E-state index >= 15 is 0 Å². The molecule has 0 bridgehead atoms. The summed E-state index contributed by atoms with van der Waals surface area (Å²) in [6.07, 6.45) is 2.10. The Morgan fingerprint density at radius 3 is 2.06 bits per heavy atom. The first-order valence-corrected chi connectivity index (χ1v) is 7.32. The molecular weight excluding hydrogens is 236 g/mol. The van der Waals surface area contributed by atoms with E-state index in [1.807, 2.05) is 0 Å². The highest BCUT2D eigenvalue weighted by molar-refractivity contribution is 7.89. The molecule has 0 spiro atoms. The van der Waals surface area contributed by atoms with Crippen molar-refractivity contribution < 1.29 is 8.42 Å². The normalized spacial score (nSPS) is 11.8. The van der Waals surface area contributed by atoms with Crippen molar-refractivity contribution in [3.63, 3.8) is 0 Å². The Balaban J connectivity index is 2.82. The predicted octanol–water partition coefficient (Wildman–Crippen LogP) is 2.20. The first-order chi connectivity index (χ1) is 8.03. The number of sulfonamides is 1. The van der Waals surface area contributed by atoms with Crippen molar-refractivity contribution in [3.05, 3.63) is 24.3 Å². The third-order valence-corrected chi connectivity index (χ3v) is 4.22. The number of hydrogen-bond donors (Lipinski definition) is 2. The van der Waals surface area contributed by atoms with Crippen LogP contribution in [0.4, 0.5) is 5.69 Å². The van der Waals surface area contributed by atoms with Gasteiger partial charge in [0.1, 0.15) is 0 Å². The van der Waals surface area contributed by atoms with Crippen molar-refractivity contribution in [1.82, 2.24) is 4.72 Å². The smallest absolute Gasteiger partial charge is 0.240 e. The van der Waals surface area contributed by atoms with Gasteiger partial charge in [-0.25, -0.2) is 13.1 Å². The summed E-state index contributed by atoms with van der Waals surface area (Å²) in [5.41, 5.74) is 0.953. The van der Waals surface area contributed by atoms with Crippen molar-refractivity contribution in [2.45, 2.75) is 37.6 Å². The molecule has 0 unspecified atom stereocenters. The van der Waals surface area contributed by atoms with Gasteiger partial charge in [-0.05, 0) is 44.2 Å². The molecule has 0 atom stereocenters. The second-order valence-corrected chi connectivity index (χ2v) is 5.78. The van der Waals surface area contributed by atoms with Gasteiger partial charge >= 0.3 is 0 Å². The first-order valence-electron chi connectivity index (χ1n) is 5.83. The lowest BCUT2D eigenvalue weighted by molar-refractivity contribution is 0.588. The lowest BCUT2D eigenvalue weighted by Gasteiger charge is -2.16. The summed E-state index contributed by atoms with van der Waals surface area (Å²) in [6.45, 7) is 4.25. The number of hydrogen-bond acceptors (Lipinski definition) is 3. The maximum Gasteiger partial charge on any atom is 0.240 e. The number of nitrogens with one attached hydrogen (secondary N) is 2. The molecule has 1 aromatic rings. The average molecular weight is 256 g/mol. The summed E-state index contributed by atoms with van der Waals surface area (Å²) in [7, 11) is -1.92. The van der Waals surface area contributed by atoms with Gasteiger partial charge in [0.15, 0.2) is 0 Å². The minimum atomic E-state index is -3.33.